The summed E-state index contributed by atoms with van der Waals surface area (Å²) < 4.78 is 2.42. The van der Waals surface area contributed by atoms with Crippen molar-refractivity contribution in [3.63, 3.8) is 0 Å². The second-order valence-electron chi connectivity index (χ2n) is 16.9. The predicted octanol–water partition coefficient (Wildman–Crippen LogP) is 17.7. The lowest BCUT2D eigenvalue weighted by atomic mass is 9.87. The van der Waals surface area contributed by atoms with E-state index in [1.54, 1.807) is 0 Å². The fourth-order valence-electron chi connectivity index (χ4n) is 9.92. The molecule has 0 bridgehead atoms. The van der Waals surface area contributed by atoms with Crippen LogP contribution >= 0.6 is 0 Å². The van der Waals surface area contributed by atoms with Crippen LogP contribution in [0.1, 0.15) is 0 Å². The summed E-state index contributed by atoms with van der Waals surface area (Å²) in [5.41, 5.74) is 18.5. The molecule has 0 amide bonds. The van der Waals surface area contributed by atoms with Gasteiger partial charge in [-0.1, -0.05) is 212 Å². The van der Waals surface area contributed by atoms with Crippen molar-refractivity contribution in [3.05, 3.63) is 267 Å². The molecule has 1 aromatic heterocycles. The van der Waals surface area contributed by atoms with Crippen LogP contribution < -0.4 is 4.90 Å². The Morgan fingerprint density at radius 2 is 0.742 bits per heavy atom. The van der Waals surface area contributed by atoms with E-state index < -0.39 is 0 Å². The zero-order valence-electron chi connectivity index (χ0n) is 36.3. The fourth-order valence-corrected chi connectivity index (χ4v) is 9.92. The number of nitrogens with zero attached hydrogens (tertiary/aromatic N) is 2. The molecule has 0 unspecified atom stereocenters. The van der Waals surface area contributed by atoms with E-state index in [1.807, 2.05) is 0 Å². The number of benzene rings is 11. The molecule has 0 saturated heterocycles. The lowest BCUT2D eigenvalue weighted by Crippen LogP contribution is -2.12. The number of fused-ring (bicyclic) bond motifs is 4. The van der Waals surface area contributed by atoms with E-state index >= 15 is 0 Å². The topological polar surface area (TPSA) is 8.17 Å². The summed E-state index contributed by atoms with van der Waals surface area (Å²) in [6.07, 6.45) is 0. The van der Waals surface area contributed by atoms with Crippen LogP contribution in [0.3, 0.4) is 0 Å². The average Bonchev–Trinajstić information content (AvgIpc) is 3.74. The first-order chi connectivity index (χ1) is 32.8. The zero-order chi connectivity index (χ0) is 43.8. The van der Waals surface area contributed by atoms with E-state index in [1.165, 1.54) is 82.6 Å². The molecule has 1 heterocycles. The van der Waals surface area contributed by atoms with Gasteiger partial charge in [-0.2, -0.15) is 0 Å². The van der Waals surface area contributed by atoms with Crippen LogP contribution in [-0.2, 0) is 0 Å². The third-order valence-corrected chi connectivity index (χ3v) is 13.0. The summed E-state index contributed by atoms with van der Waals surface area (Å²) in [7, 11) is 0. The minimum Gasteiger partial charge on any atom is -0.310 e. The maximum Gasteiger partial charge on any atom is 0.0546 e. The Bertz CT molecular complexity index is 3630. The first-order valence-electron chi connectivity index (χ1n) is 22.7. The Morgan fingerprint density at radius 3 is 1.41 bits per heavy atom. The van der Waals surface area contributed by atoms with Crippen LogP contribution in [0.5, 0.6) is 0 Å². The molecule has 0 N–H and O–H groups in total. The molecular formula is C64H44N2. The molecular weight excluding hydrogens is 797 g/mol. The monoisotopic (exact) mass is 840 g/mol. The lowest BCUT2D eigenvalue weighted by Gasteiger charge is -2.30. The van der Waals surface area contributed by atoms with Crippen LogP contribution in [0.2, 0.25) is 0 Å². The summed E-state index contributed by atoms with van der Waals surface area (Å²) in [5.74, 6) is 0. The molecule has 0 aliphatic carbocycles. The second kappa shape index (κ2) is 16.8. The molecule has 0 aliphatic heterocycles. The van der Waals surface area contributed by atoms with E-state index in [-0.39, 0.29) is 0 Å². The number of aromatic nitrogens is 1. The molecule has 0 radical (unpaired) electrons. The van der Waals surface area contributed by atoms with Crippen molar-refractivity contribution in [2.75, 3.05) is 4.90 Å². The van der Waals surface area contributed by atoms with Gasteiger partial charge in [0.25, 0.3) is 0 Å². The van der Waals surface area contributed by atoms with Gasteiger partial charge in [-0.05, 0) is 110 Å². The molecule has 310 valence electrons. The summed E-state index contributed by atoms with van der Waals surface area (Å²) in [5, 5.41) is 4.98. The summed E-state index contributed by atoms with van der Waals surface area (Å²) in [4.78, 5) is 2.44. The largest absolute Gasteiger partial charge is 0.310 e. The number of rotatable bonds is 9. The van der Waals surface area contributed by atoms with E-state index in [4.69, 9.17) is 0 Å². The van der Waals surface area contributed by atoms with Crippen molar-refractivity contribution in [2.24, 2.45) is 0 Å². The SMILES string of the molecule is c1ccc(-c2ccccc2-c2c(-c3ccccc3)cccc2N(c2ccc(-c3ccc4ccccc4c3)cc2)c2ccc(-c3ccccc3-n3c4ccccc4c4ccccc43)cc2)cc1. The van der Waals surface area contributed by atoms with Crippen molar-refractivity contribution < 1.29 is 0 Å². The van der Waals surface area contributed by atoms with Gasteiger partial charge in [-0.25, -0.2) is 0 Å². The van der Waals surface area contributed by atoms with Crippen molar-refractivity contribution >= 4 is 49.6 Å². The predicted molar refractivity (Wildman–Crippen MR) is 280 cm³/mol. The van der Waals surface area contributed by atoms with Crippen molar-refractivity contribution in [1.82, 2.24) is 4.57 Å². The van der Waals surface area contributed by atoms with Gasteiger partial charge in [0.15, 0.2) is 0 Å². The third kappa shape index (κ3) is 6.93. The van der Waals surface area contributed by atoms with Gasteiger partial charge in [-0.3, -0.25) is 0 Å². The highest BCUT2D eigenvalue weighted by atomic mass is 15.1. The molecule has 12 aromatic rings. The molecule has 0 fully saturated rings. The molecule has 0 atom stereocenters. The maximum absolute atomic E-state index is 2.44. The quantitative estimate of drug-likeness (QED) is 0.141. The number of anilines is 3. The Hall–Kier alpha value is -8.72. The van der Waals surface area contributed by atoms with Crippen LogP contribution in [0, 0.1) is 0 Å². The first kappa shape index (κ1) is 38.9. The highest BCUT2D eigenvalue weighted by Gasteiger charge is 2.23. The van der Waals surface area contributed by atoms with Gasteiger partial charge < -0.3 is 9.47 Å². The molecule has 0 spiro atoms. The highest BCUT2D eigenvalue weighted by molar-refractivity contribution is 6.10. The van der Waals surface area contributed by atoms with Crippen LogP contribution in [-0.4, -0.2) is 4.57 Å². The smallest absolute Gasteiger partial charge is 0.0546 e. The summed E-state index contributed by atoms with van der Waals surface area (Å²) >= 11 is 0. The normalized spacial score (nSPS) is 11.3. The van der Waals surface area contributed by atoms with Crippen LogP contribution in [0.25, 0.3) is 93.9 Å². The maximum atomic E-state index is 2.44. The van der Waals surface area contributed by atoms with Crippen molar-refractivity contribution in [2.45, 2.75) is 0 Å². The standard InChI is InChI=1S/C64H44N2/c1-3-19-47(20-4-1)54-24-9-10-28-59(54)64-56(48-21-5-2-6-22-48)29-17-33-63(64)65(52-40-36-46(37-41-52)51-35-34-45-18-7-8-23-50(45)44-51)53-42-38-49(39-43-53)55-25-11-14-30-60(55)66-61-31-15-12-26-57(61)58-27-13-16-32-62(58)66/h1-44H. The van der Waals surface area contributed by atoms with Gasteiger partial charge in [0.1, 0.15) is 0 Å². The van der Waals surface area contributed by atoms with Gasteiger partial charge in [0.2, 0.25) is 0 Å². The van der Waals surface area contributed by atoms with Crippen molar-refractivity contribution in [3.8, 4) is 61.3 Å². The molecule has 11 aromatic carbocycles. The van der Waals surface area contributed by atoms with Crippen molar-refractivity contribution in [1.29, 1.82) is 0 Å². The van der Waals surface area contributed by atoms with E-state index in [0.717, 1.165) is 28.3 Å². The van der Waals surface area contributed by atoms with Gasteiger partial charge in [0, 0.05) is 33.3 Å². The van der Waals surface area contributed by atoms with E-state index in [2.05, 4.69) is 276 Å². The van der Waals surface area contributed by atoms with E-state index in [9.17, 15) is 0 Å². The third-order valence-electron chi connectivity index (χ3n) is 13.0. The summed E-state index contributed by atoms with van der Waals surface area (Å²) in [6.45, 7) is 0. The first-order valence-corrected chi connectivity index (χ1v) is 22.7. The molecule has 66 heavy (non-hydrogen) atoms. The van der Waals surface area contributed by atoms with Gasteiger partial charge in [-0.15, -0.1) is 0 Å². The van der Waals surface area contributed by atoms with Gasteiger partial charge >= 0.3 is 0 Å². The number of hydrogen-bond donors (Lipinski definition) is 0. The molecule has 0 saturated carbocycles. The Morgan fingerprint density at radius 1 is 0.273 bits per heavy atom. The minimum absolute atomic E-state index is 1.07. The average molecular weight is 841 g/mol. The Labute approximate surface area is 385 Å². The molecule has 12 rings (SSSR count). The highest BCUT2D eigenvalue weighted by Crippen LogP contribution is 2.48. The molecule has 0 aliphatic rings. The molecule has 2 nitrogen and oxygen atoms in total. The summed E-state index contributed by atoms with van der Waals surface area (Å²) in [6, 6.07) is 97.0. The van der Waals surface area contributed by atoms with Crippen LogP contribution in [0.4, 0.5) is 17.1 Å². The number of para-hydroxylation sites is 3. The second-order valence-corrected chi connectivity index (χ2v) is 16.9. The Balaban J connectivity index is 1.05. The lowest BCUT2D eigenvalue weighted by molar-refractivity contribution is 1.18. The van der Waals surface area contributed by atoms with Crippen LogP contribution in [0.15, 0.2) is 267 Å². The van der Waals surface area contributed by atoms with Gasteiger partial charge in [0.05, 0.1) is 22.4 Å². The van der Waals surface area contributed by atoms with E-state index in [0.29, 0.717) is 0 Å². The fraction of sp³-hybridized carbons (Fsp3) is 0. The molecule has 2 heteroatoms. The Kier molecular flexibility index (Phi) is 9.89. The minimum atomic E-state index is 1.07. The number of hydrogen-bond acceptors (Lipinski definition) is 1. The zero-order valence-corrected chi connectivity index (χ0v) is 36.3.